The third-order valence-corrected chi connectivity index (χ3v) is 4.49. The van der Waals surface area contributed by atoms with Gasteiger partial charge in [-0.15, -0.1) is 0 Å². The van der Waals surface area contributed by atoms with E-state index in [9.17, 15) is 13.2 Å². The smallest absolute Gasteiger partial charge is 0.265 e. The van der Waals surface area contributed by atoms with Crippen molar-refractivity contribution in [1.82, 2.24) is 15.0 Å². The minimum Gasteiger partial charge on any atom is -0.382 e. The highest BCUT2D eigenvalue weighted by molar-refractivity contribution is 7.89. The molecule has 10 heteroatoms. The first-order valence-corrected chi connectivity index (χ1v) is 7.50. The van der Waals surface area contributed by atoms with Gasteiger partial charge in [-0.1, -0.05) is 11.3 Å². The minimum absolute atomic E-state index is 0.00817. The fourth-order valence-corrected chi connectivity index (χ4v) is 2.41. The number of anilines is 2. The Morgan fingerprint density at radius 1 is 1.44 bits per heavy atom. The minimum atomic E-state index is -3.33. The third-order valence-electron chi connectivity index (χ3n) is 2.04. The van der Waals surface area contributed by atoms with Crippen LogP contribution in [0.1, 0.15) is 9.67 Å². The molecular formula is C8H15N5O3S2. The van der Waals surface area contributed by atoms with Crippen LogP contribution >= 0.6 is 11.3 Å². The predicted octanol–water partition coefficient (Wildman–Crippen LogP) is -0.954. The highest BCUT2D eigenvalue weighted by Gasteiger charge is 2.16. The molecule has 1 aromatic rings. The van der Waals surface area contributed by atoms with Crippen molar-refractivity contribution in [3.8, 4) is 0 Å². The van der Waals surface area contributed by atoms with Gasteiger partial charge in [-0.2, -0.15) is 0 Å². The number of nitrogens with one attached hydrogen (secondary N) is 3. The van der Waals surface area contributed by atoms with E-state index in [4.69, 9.17) is 5.73 Å². The lowest BCUT2D eigenvalue weighted by molar-refractivity contribution is 0.0961. The normalized spacial score (nSPS) is 11.2. The molecular weight excluding hydrogens is 278 g/mol. The van der Waals surface area contributed by atoms with E-state index in [1.165, 1.54) is 7.05 Å². The molecule has 0 saturated carbocycles. The Hall–Kier alpha value is -1.39. The van der Waals surface area contributed by atoms with Crippen LogP contribution in [0.5, 0.6) is 0 Å². The van der Waals surface area contributed by atoms with Crippen LogP contribution in [0.3, 0.4) is 0 Å². The average Bonchev–Trinajstić information content (AvgIpc) is 2.70. The third kappa shape index (κ3) is 3.82. The van der Waals surface area contributed by atoms with E-state index in [-0.39, 0.29) is 23.0 Å². The molecule has 0 aliphatic rings. The lowest BCUT2D eigenvalue weighted by Crippen LogP contribution is -2.32. The molecule has 8 nitrogen and oxygen atoms in total. The second-order valence-corrected chi connectivity index (χ2v) is 6.31. The Balaban J connectivity index is 2.58. The van der Waals surface area contributed by atoms with Gasteiger partial charge in [-0.3, -0.25) is 4.79 Å². The lowest BCUT2D eigenvalue weighted by atomic mass is 10.4. The van der Waals surface area contributed by atoms with Crippen molar-refractivity contribution in [3.05, 3.63) is 4.88 Å². The number of rotatable bonds is 6. The number of hydrogen-bond acceptors (Lipinski definition) is 7. The number of hydrogen-bond donors (Lipinski definition) is 4. The van der Waals surface area contributed by atoms with Crippen LogP contribution in [0.2, 0.25) is 0 Å². The van der Waals surface area contributed by atoms with Gasteiger partial charge >= 0.3 is 0 Å². The van der Waals surface area contributed by atoms with Gasteiger partial charge in [0.15, 0.2) is 5.13 Å². The summed E-state index contributed by atoms with van der Waals surface area (Å²) in [5.41, 5.74) is 5.57. The van der Waals surface area contributed by atoms with Crippen molar-refractivity contribution in [2.24, 2.45) is 0 Å². The maximum atomic E-state index is 11.7. The molecule has 0 atom stereocenters. The molecule has 1 amide bonds. The van der Waals surface area contributed by atoms with Crippen LogP contribution in [-0.2, 0) is 10.0 Å². The number of amides is 1. The molecule has 18 heavy (non-hydrogen) atoms. The molecule has 0 unspecified atom stereocenters. The zero-order valence-corrected chi connectivity index (χ0v) is 11.6. The van der Waals surface area contributed by atoms with Gasteiger partial charge in [0, 0.05) is 13.6 Å². The van der Waals surface area contributed by atoms with Crippen molar-refractivity contribution < 1.29 is 13.2 Å². The summed E-state index contributed by atoms with van der Waals surface area (Å²) in [4.78, 5) is 15.9. The van der Waals surface area contributed by atoms with Crippen LogP contribution in [0.15, 0.2) is 0 Å². The molecule has 0 radical (unpaired) electrons. The van der Waals surface area contributed by atoms with Gasteiger partial charge in [0.05, 0.1) is 5.75 Å². The Kier molecular flexibility index (Phi) is 4.87. The summed E-state index contributed by atoms with van der Waals surface area (Å²) >= 11 is 1.11. The average molecular weight is 293 g/mol. The van der Waals surface area contributed by atoms with Crippen LogP contribution in [0, 0.1) is 0 Å². The second kappa shape index (κ2) is 5.98. The number of aromatic nitrogens is 1. The molecule has 0 fully saturated rings. The number of thiazole rings is 1. The molecule has 0 saturated heterocycles. The van der Waals surface area contributed by atoms with Crippen molar-refractivity contribution in [2.45, 2.75) is 0 Å². The second-order valence-electron chi connectivity index (χ2n) is 3.26. The van der Waals surface area contributed by atoms with E-state index in [1.54, 1.807) is 7.05 Å². The summed E-state index contributed by atoms with van der Waals surface area (Å²) in [5, 5.41) is 5.77. The van der Waals surface area contributed by atoms with Gasteiger partial charge < -0.3 is 16.4 Å². The summed E-state index contributed by atoms with van der Waals surface area (Å²) < 4.78 is 24.4. The summed E-state index contributed by atoms with van der Waals surface area (Å²) in [6.07, 6.45) is 0. The summed E-state index contributed by atoms with van der Waals surface area (Å²) in [5.74, 6) is -0.497. The zero-order chi connectivity index (χ0) is 13.8. The number of carbonyl (C=O) groups excluding carboxylic acids is 1. The quantitative estimate of drug-likeness (QED) is 0.535. The van der Waals surface area contributed by atoms with E-state index in [1.807, 2.05) is 0 Å². The molecule has 102 valence electrons. The summed E-state index contributed by atoms with van der Waals surface area (Å²) in [6.45, 7) is 0.00817. The maximum Gasteiger partial charge on any atom is 0.265 e. The highest BCUT2D eigenvalue weighted by atomic mass is 32.2. The maximum absolute atomic E-state index is 11.7. The van der Waals surface area contributed by atoms with Crippen LogP contribution in [0.25, 0.3) is 0 Å². The number of nitrogens with zero attached hydrogens (tertiary/aromatic N) is 1. The van der Waals surface area contributed by atoms with E-state index in [0.717, 1.165) is 11.3 Å². The molecule has 0 aliphatic heterocycles. The van der Waals surface area contributed by atoms with Crippen molar-refractivity contribution >= 4 is 38.2 Å². The van der Waals surface area contributed by atoms with Gasteiger partial charge in [0.2, 0.25) is 10.0 Å². The zero-order valence-electron chi connectivity index (χ0n) is 9.98. The van der Waals surface area contributed by atoms with Crippen LogP contribution in [0.4, 0.5) is 10.9 Å². The Bertz CT molecular complexity index is 525. The Morgan fingerprint density at radius 3 is 2.61 bits per heavy atom. The number of nitrogens with two attached hydrogens (primary N) is 1. The lowest BCUT2D eigenvalue weighted by Gasteiger charge is -2.04. The molecule has 1 heterocycles. The van der Waals surface area contributed by atoms with Gasteiger partial charge in [-0.25, -0.2) is 18.1 Å². The molecule has 0 aliphatic carbocycles. The first-order valence-electron chi connectivity index (χ1n) is 5.03. The molecule has 0 spiro atoms. The van der Waals surface area contributed by atoms with E-state index < -0.39 is 15.9 Å². The fourth-order valence-electron chi connectivity index (χ4n) is 1.08. The highest BCUT2D eigenvalue weighted by Crippen LogP contribution is 2.23. The molecule has 1 rings (SSSR count). The van der Waals surface area contributed by atoms with Crippen LogP contribution in [-0.4, -0.2) is 45.7 Å². The number of carbonyl (C=O) groups is 1. The first-order chi connectivity index (χ1) is 8.39. The molecule has 0 bridgehead atoms. The van der Waals surface area contributed by atoms with Gasteiger partial charge in [-0.05, 0) is 7.05 Å². The topological polar surface area (TPSA) is 126 Å². The molecule has 1 aromatic heterocycles. The van der Waals surface area contributed by atoms with Crippen molar-refractivity contribution in [2.75, 3.05) is 37.4 Å². The van der Waals surface area contributed by atoms with Crippen molar-refractivity contribution in [3.63, 3.8) is 0 Å². The largest absolute Gasteiger partial charge is 0.382 e. The van der Waals surface area contributed by atoms with Gasteiger partial charge in [0.1, 0.15) is 10.7 Å². The SMILES string of the molecule is CNc1nc(N)c(C(=O)NCCS(=O)(=O)NC)s1. The predicted molar refractivity (Wildman–Crippen MR) is 71.3 cm³/mol. The van der Waals surface area contributed by atoms with Gasteiger partial charge in [0.25, 0.3) is 5.91 Å². The number of nitrogen functional groups attached to an aromatic ring is 1. The van der Waals surface area contributed by atoms with E-state index in [0.29, 0.717) is 5.13 Å². The number of sulfonamides is 1. The van der Waals surface area contributed by atoms with E-state index >= 15 is 0 Å². The fraction of sp³-hybridized carbons (Fsp3) is 0.500. The molecule has 5 N–H and O–H groups in total. The first kappa shape index (κ1) is 14.7. The Labute approximate surface area is 109 Å². The summed E-state index contributed by atoms with van der Waals surface area (Å²) in [6, 6.07) is 0. The standard InChI is InChI=1S/C8H15N5O3S2/c1-10-8-13-6(9)5(17-8)7(14)12-3-4-18(15,16)11-2/h11H,3-4,9H2,1-2H3,(H,10,13)(H,12,14). The summed E-state index contributed by atoms with van der Waals surface area (Å²) in [7, 11) is -0.344. The Morgan fingerprint density at radius 2 is 2.11 bits per heavy atom. The van der Waals surface area contributed by atoms with Crippen LogP contribution < -0.4 is 21.1 Å². The molecule has 0 aromatic carbocycles. The monoisotopic (exact) mass is 293 g/mol. The van der Waals surface area contributed by atoms with E-state index in [2.05, 4.69) is 20.3 Å². The van der Waals surface area contributed by atoms with Crippen molar-refractivity contribution in [1.29, 1.82) is 0 Å².